The molecule has 156 valence electrons. The second-order valence-electron chi connectivity index (χ2n) is 6.44. The second kappa shape index (κ2) is 11.7. The predicted molar refractivity (Wildman–Crippen MR) is 128 cm³/mol. The molecule has 1 heterocycles. The second-order valence-corrected chi connectivity index (χ2v) is 9.22. The lowest BCUT2D eigenvalue weighted by molar-refractivity contribution is 0.410. The van der Waals surface area contributed by atoms with Gasteiger partial charge in [-0.1, -0.05) is 12.1 Å². The van der Waals surface area contributed by atoms with Crippen LogP contribution in [0.25, 0.3) is 0 Å². The van der Waals surface area contributed by atoms with Crippen molar-refractivity contribution in [2.45, 2.75) is 44.8 Å². The van der Waals surface area contributed by atoms with Crippen molar-refractivity contribution in [1.82, 2.24) is 14.9 Å². The number of halogens is 1. The molecule has 0 atom stereocenters. The first-order valence-corrected chi connectivity index (χ1v) is 11.3. The van der Waals surface area contributed by atoms with E-state index in [1.54, 1.807) is 30.5 Å². The Bertz CT molecular complexity index is 835. The zero-order valence-corrected chi connectivity index (χ0v) is 20.6. The van der Waals surface area contributed by atoms with E-state index in [4.69, 9.17) is 0 Å². The van der Waals surface area contributed by atoms with Gasteiger partial charge in [0.25, 0.3) is 0 Å². The number of guanidine groups is 1. The SMILES string of the molecule is CCNC(=NCc1ccsc1)NCc1ccc(S(=O)(=O)N(C)C(C)C)cc1.I. The third-order valence-electron chi connectivity index (χ3n) is 4.13. The molecule has 0 radical (unpaired) electrons. The Labute approximate surface area is 189 Å². The van der Waals surface area contributed by atoms with Crippen molar-refractivity contribution in [3.05, 3.63) is 52.2 Å². The van der Waals surface area contributed by atoms with Gasteiger partial charge in [0.15, 0.2) is 5.96 Å². The molecular formula is C19H29IN4O2S2. The largest absolute Gasteiger partial charge is 0.357 e. The summed E-state index contributed by atoms with van der Waals surface area (Å²) in [5, 5.41) is 10.6. The van der Waals surface area contributed by atoms with Gasteiger partial charge in [-0.15, -0.1) is 24.0 Å². The third kappa shape index (κ3) is 7.02. The van der Waals surface area contributed by atoms with Crippen LogP contribution < -0.4 is 10.6 Å². The molecule has 1 aromatic carbocycles. The zero-order valence-electron chi connectivity index (χ0n) is 16.7. The Morgan fingerprint density at radius 1 is 1.14 bits per heavy atom. The number of thiophene rings is 1. The number of nitrogens with zero attached hydrogens (tertiary/aromatic N) is 2. The number of nitrogens with one attached hydrogen (secondary N) is 2. The number of rotatable bonds is 8. The minimum atomic E-state index is -3.45. The molecule has 0 saturated carbocycles. The molecule has 0 saturated heterocycles. The Morgan fingerprint density at radius 2 is 1.82 bits per heavy atom. The van der Waals surface area contributed by atoms with E-state index >= 15 is 0 Å². The highest BCUT2D eigenvalue weighted by Gasteiger charge is 2.22. The van der Waals surface area contributed by atoms with E-state index in [9.17, 15) is 8.42 Å². The summed E-state index contributed by atoms with van der Waals surface area (Å²) in [6, 6.07) is 8.94. The molecule has 2 rings (SSSR count). The van der Waals surface area contributed by atoms with E-state index < -0.39 is 10.0 Å². The van der Waals surface area contributed by atoms with Crippen LogP contribution in [0.5, 0.6) is 0 Å². The van der Waals surface area contributed by atoms with Crippen LogP contribution >= 0.6 is 35.3 Å². The van der Waals surface area contributed by atoms with Crippen LogP contribution in [0.2, 0.25) is 0 Å². The Balaban J connectivity index is 0.00000392. The van der Waals surface area contributed by atoms with Gasteiger partial charge in [0.1, 0.15) is 0 Å². The zero-order chi connectivity index (χ0) is 19.9. The Kier molecular flexibility index (Phi) is 10.4. The van der Waals surface area contributed by atoms with Crippen molar-refractivity contribution in [1.29, 1.82) is 0 Å². The van der Waals surface area contributed by atoms with E-state index in [1.165, 1.54) is 9.87 Å². The summed E-state index contributed by atoms with van der Waals surface area (Å²) >= 11 is 1.66. The number of sulfonamides is 1. The molecule has 1 aromatic heterocycles. The van der Waals surface area contributed by atoms with Gasteiger partial charge < -0.3 is 10.6 Å². The van der Waals surface area contributed by atoms with Crippen LogP contribution in [0.1, 0.15) is 31.9 Å². The van der Waals surface area contributed by atoms with Crippen LogP contribution in [0.3, 0.4) is 0 Å². The summed E-state index contributed by atoms with van der Waals surface area (Å²) in [6.45, 7) is 7.69. The fraction of sp³-hybridized carbons (Fsp3) is 0.421. The molecule has 0 aliphatic rings. The van der Waals surface area contributed by atoms with Crippen molar-refractivity contribution in [2.75, 3.05) is 13.6 Å². The van der Waals surface area contributed by atoms with Crippen molar-refractivity contribution in [3.63, 3.8) is 0 Å². The number of hydrogen-bond donors (Lipinski definition) is 2. The van der Waals surface area contributed by atoms with Gasteiger partial charge in [-0.3, -0.25) is 0 Å². The molecule has 0 unspecified atom stereocenters. The van der Waals surface area contributed by atoms with Crippen LogP contribution in [0.4, 0.5) is 0 Å². The molecule has 28 heavy (non-hydrogen) atoms. The van der Waals surface area contributed by atoms with Crippen molar-refractivity contribution in [3.8, 4) is 0 Å². The molecule has 2 aromatic rings. The maximum atomic E-state index is 12.5. The van der Waals surface area contributed by atoms with Crippen molar-refractivity contribution >= 4 is 51.3 Å². The fourth-order valence-corrected chi connectivity index (χ4v) is 4.33. The molecule has 0 aliphatic carbocycles. The summed E-state index contributed by atoms with van der Waals surface area (Å²) in [4.78, 5) is 4.87. The van der Waals surface area contributed by atoms with Crippen molar-refractivity contribution in [2.24, 2.45) is 4.99 Å². The summed E-state index contributed by atoms with van der Waals surface area (Å²) in [5.41, 5.74) is 2.17. The van der Waals surface area contributed by atoms with Crippen LogP contribution in [0.15, 0.2) is 51.0 Å². The number of hydrogen-bond acceptors (Lipinski definition) is 4. The van der Waals surface area contributed by atoms with Gasteiger partial charge in [0.2, 0.25) is 10.0 Å². The normalized spacial score (nSPS) is 12.1. The molecule has 0 bridgehead atoms. The summed E-state index contributed by atoms with van der Waals surface area (Å²) in [7, 11) is -1.85. The van der Waals surface area contributed by atoms with E-state index in [0.717, 1.165) is 18.1 Å². The fourth-order valence-electron chi connectivity index (χ4n) is 2.30. The van der Waals surface area contributed by atoms with Gasteiger partial charge in [-0.2, -0.15) is 15.6 Å². The van der Waals surface area contributed by atoms with Gasteiger partial charge in [0.05, 0.1) is 11.4 Å². The molecule has 0 amide bonds. The van der Waals surface area contributed by atoms with E-state index in [-0.39, 0.29) is 30.0 Å². The number of benzene rings is 1. The van der Waals surface area contributed by atoms with Crippen LogP contribution in [-0.4, -0.2) is 38.3 Å². The smallest absolute Gasteiger partial charge is 0.243 e. The summed E-state index contributed by atoms with van der Waals surface area (Å²) < 4.78 is 26.4. The van der Waals surface area contributed by atoms with Crippen LogP contribution in [-0.2, 0) is 23.1 Å². The number of aliphatic imine (C=N–C) groups is 1. The van der Waals surface area contributed by atoms with Gasteiger partial charge in [-0.05, 0) is 60.9 Å². The van der Waals surface area contributed by atoms with E-state index in [2.05, 4.69) is 27.1 Å². The molecule has 0 aliphatic heterocycles. The van der Waals surface area contributed by atoms with Gasteiger partial charge in [-0.25, -0.2) is 13.4 Å². The minimum Gasteiger partial charge on any atom is -0.357 e. The highest BCUT2D eigenvalue weighted by Crippen LogP contribution is 2.17. The topological polar surface area (TPSA) is 73.8 Å². The predicted octanol–water partition coefficient (Wildman–Crippen LogP) is 3.65. The first kappa shape index (κ1) is 24.9. The summed E-state index contributed by atoms with van der Waals surface area (Å²) in [5.74, 6) is 0.736. The average Bonchev–Trinajstić information content (AvgIpc) is 3.17. The van der Waals surface area contributed by atoms with Gasteiger partial charge >= 0.3 is 0 Å². The maximum Gasteiger partial charge on any atom is 0.243 e. The Hall–Kier alpha value is -1.17. The lowest BCUT2D eigenvalue weighted by Gasteiger charge is -2.21. The standard InChI is InChI=1S/C19H28N4O2S2.HI/c1-5-20-19(22-13-17-10-11-26-14-17)21-12-16-6-8-18(9-7-16)27(24,25)23(4)15(2)3;/h6-11,14-15H,5,12-13H2,1-4H3,(H2,20,21,22);1H. The first-order valence-electron chi connectivity index (χ1n) is 8.94. The first-order chi connectivity index (χ1) is 12.8. The quantitative estimate of drug-likeness (QED) is 0.307. The Morgan fingerprint density at radius 3 is 2.36 bits per heavy atom. The lowest BCUT2D eigenvalue weighted by Crippen LogP contribution is -2.36. The molecular weight excluding hydrogens is 507 g/mol. The highest BCUT2D eigenvalue weighted by atomic mass is 127. The molecule has 0 spiro atoms. The van der Waals surface area contributed by atoms with Crippen molar-refractivity contribution < 1.29 is 8.42 Å². The van der Waals surface area contributed by atoms with E-state index in [1.807, 2.05) is 38.3 Å². The third-order valence-corrected chi connectivity index (χ3v) is 6.91. The van der Waals surface area contributed by atoms with Gasteiger partial charge in [0, 0.05) is 26.2 Å². The molecule has 6 nitrogen and oxygen atoms in total. The molecule has 9 heteroatoms. The maximum absolute atomic E-state index is 12.5. The van der Waals surface area contributed by atoms with E-state index in [0.29, 0.717) is 18.0 Å². The van der Waals surface area contributed by atoms with Crippen LogP contribution in [0, 0.1) is 0 Å². The minimum absolute atomic E-state index is 0. The lowest BCUT2D eigenvalue weighted by atomic mass is 10.2. The molecule has 0 fully saturated rings. The average molecular weight is 537 g/mol. The highest BCUT2D eigenvalue weighted by molar-refractivity contribution is 14.0. The molecule has 2 N–H and O–H groups in total. The summed E-state index contributed by atoms with van der Waals surface area (Å²) in [6.07, 6.45) is 0. The monoisotopic (exact) mass is 536 g/mol.